The normalized spacial score (nSPS) is 14.3. The summed E-state index contributed by atoms with van der Waals surface area (Å²) in [4.78, 5) is 4.31. The first-order chi connectivity index (χ1) is 9.74. The molecule has 0 spiro atoms. The molecule has 0 atom stereocenters. The number of hydrogen-bond acceptors (Lipinski definition) is 4. The fourth-order valence-corrected chi connectivity index (χ4v) is 2.61. The van der Waals surface area contributed by atoms with Crippen molar-refractivity contribution >= 4 is 11.6 Å². The molecule has 0 saturated heterocycles. The van der Waals surface area contributed by atoms with Crippen LogP contribution in [0.25, 0.3) is 11.3 Å². The maximum Gasteiger partial charge on any atom is 0.181 e. The summed E-state index contributed by atoms with van der Waals surface area (Å²) in [5, 5.41) is 0.487. The predicted octanol–water partition coefficient (Wildman–Crippen LogP) is 3.96. The third-order valence-electron chi connectivity index (χ3n) is 3.55. The van der Waals surface area contributed by atoms with Crippen LogP contribution < -0.4 is 9.47 Å². The number of aromatic nitrogens is 1. The second kappa shape index (κ2) is 5.37. The minimum absolute atomic E-state index is 0.487. The number of benzene rings is 1. The van der Waals surface area contributed by atoms with Crippen LogP contribution in [-0.2, 0) is 6.42 Å². The van der Waals surface area contributed by atoms with E-state index in [1.165, 1.54) is 19.2 Å². The largest absolute Gasteiger partial charge is 0.493 e. The first-order valence-electron chi connectivity index (χ1n) is 6.57. The lowest BCUT2D eigenvalue weighted by Gasteiger charge is -2.12. The Labute approximate surface area is 122 Å². The van der Waals surface area contributed by atoms with Gasteiger partial charge in [0, 0.05) is 5.56 Å². The summed E-state index contributed by atoms with van der Waals surface area (Å²) in [7, 11) is 3.15. The van der Waals surface area contributed by atoms with Crippen molar-refractivity contribution in [2.45, 2.75) is 19.3 Å². The average Bonchev–Trinajstić information content (AvgIpc) is 3.15. The Morgan fingerprint density at radius 3 is 2.75 bits per heavy atom. The Balaban J connectivity index is 2.03. The predicted molar refractivity (Wildman–Crippen MR) is 76.5 cm³/mol. The van der Waals surface area contributed by atoms with Crippen LogP contribution in [0.1, 0.15) is 18.5 Å². The van der Waals surface area contributed by atoms with Gasteiger partial charge in [-0.05, 0) is 37.3 Å². The van der Waals surface area contributed by atoms with Gasteiger partial charge in [0.1, 0.15) is 0 Å². The van der Waals surface area contributed by atoms with Crippen LogP contribution in [0.3, 0.4) is 0 Å². The van der Waals surface area contributed by atoms with Crippen molar-refractivity contribution in [3.8, 4) is 22.8 Å². The van der Waals surface area contributed by atoms with E-state index in [0.29, 0.717) is 16.5 Å². The standard InChI is InChI=1S/C15H16ClNO3/c1-18-12-6-5-10(13(16)15(12)19-2)14-11(17-8-20-14)7-9-3-4-9/h5-6,8-9H,3-4,7H2,1-2H3. The van der Waals surface area contributed by atoms with Crippen molar-refractivity contribution in [1.82, 2.24) is 4.98 Å². The zero-order valence-electron chi connectivity index (χ0n) is 11.5. The lowest BCUT2D eigenvalue weighted by atomic mass is 10.1. The molecule has 1 fully saturated rings. The molecule has 1 heterocycles. The number of rotatable bonds is 5. The molecular weight excluding hydrogens is 278 g/mol. The molecule has 5 heteroatoms. The molecule has 1 aliphatic rings. The van der Waals surface area contributed by atoms with Gasteiger partial charge in [0.2, 0.25) is 0 Å². The SMILES string of the molecule is COc1ccc(-c2ocnc2CC2CC2)c(Cl)c1OC. The quantitative estimate of drug-likeness (QED) is 0.837. The smallest absolute Gasteiger partial charge is 0.181 e. The molecule has 0 bridgehead atoms. The van der Waals surface area contributed by atoms with Crippen molar-refractivity contribution in [2.24, 2.45) is 5.92 Å². The van der Waals surface area contributed by atoms with E-state index in [4.69, 9.17) is 25.5 Å². The molecule has 1 aromatic carbocycles. The molecule has 1 aromatic heterocycles. The van der Waals surface area contributed by atoms with E-state index in [1.807, 2.05) is 12.1 Å². The van der Waals surface area contributed by atoms with Crippen molar-refractivity contribution in [1.29, 1.82) is 0 Å². The molecule has 3 rings (SSSR count). The van der Waals surface area contributed by atoms with Gasteiger partial charge in [-0.1, -0.05) is 11.6 Å². The maximum atomic E-state index is 6.42. The Morgan fingerprint density at radius 1 is 1.30 bits per heavy atom. The molecule has 106 valence electrons. The molecular formula is C15H16ClNO3. The molecule has 1 saturated carbocycles. The van der Waals surface area contributed by atoms with Crippen LogP contribution in [0.5, 0.6) is 11.5 Å². The molecule has 0 amide bonds. The van der Waals surface area contributed by atoms with Gasteiger partial charge in [-0.25, -0.2) is 4.98 Å². The molecule has 0 N–H and O–H groups in total. The summed E-state index contributed by atoms with van der Waals surface area (Å²) in [6.45, 7) is 0. The highest BCUT2D eigenvalue weighted by Gasteiger charge is 2.26. The van der Waals surface area contributed by atoms with Gasteiger partial charge in [0.05, 0.1) is 24.9 Å². The third kappa shape index (κ3) is 2.36. The summed E-state index contributed by atoms with van der Waals surface area (Å²) in [5.74, 6) is 2.57. The third-order valence-corrected chi connectivity index (χ3v) is 3.93. The Kier molecular flexibility index (Phi) is 3.57. The summed E-state index contributed by atoms with van der Waals surface area (Å²) >= 11 is 6.42. The molecule has 0 radical (unpaired) electrons. The highest BCUT2D eigenvalue weighted by molar-refractivity contribution is 6.35. The van der Waals surface area contributed by atoms with E-state index < -0.39 is 0 Å². The number of halogens is 1. The lowest BCUT2D eigenvalue weighted by molar-refractivity contribution is 0.355. The van der Waals surface area contributed by atoms with Crippen molar-refractivity contribution in [2.75, 3.05) is 14.2 Å². The van der Waals surface area contributed by atoms with Crippen molar-refractivity contribution < 1.29 is 13.9 Å². The van der Waals surface area contributed by atoms with Crippen LogP contribution in [-0.4, -0.2) is 19.2 Å². The number of oxazole rings is 1. The minimum Gasteiger partial charge on any atom is -0.493 e. The second-order valence-electron chi connectivity index (χ2n) is 4.94. The molecule has 1 aliphatic carbocycles. The fraction of sp³-hybridized carbons (Fsp3) is 0.400. The first-order valence-corrected chi connectivity index (χ1v) is 6.95. The van der Waals surface area contributed by atoms with E-state index in [9.17, 15) is 0 Å². The number of methoxy groups -OCH3 is 2. The Hall–Kier alpha value is -1.68. The zero-order chi connectivity index (χ0) is 14.1. The van der Waals surface area contributed by atoms with Crippen LogP contribution in [0, 0.1) is 5.92 Å². The van der Waals surface area contributed by atoms with E-state index >= 15 is 0 Å². The highest BCUT2D eigenvalue weighted by Crippen LogP contribution is 2.43. The monoisotopic (exact) mass is 293 g/mol. The van der Waals surface area contributed by atoms with E-state index in [-0.39, 0.29) is 0 Å². The summed E-state index contributed by atoms with van der Waals surface area (Å²) in [6, 6.07) is 3.70. The summed E-state index contributed by atoms with van der Waals surface area (Å²) in [6.07, 6.45) is 4.95. The van der Waals surface area contributed by atoms with Gasteiger partial charge in [0.15, 0.2) is 23.7 Å². The highest BCUT2D eigenvalue weighted by atomic mass is 35.5. The van der Waals surface area contributed by atoms with Crippen LogP contribution in [0.15, 0.2) is 22.9 Å². The molecule has 20 heavy (non-hydrogen) atoms. The van der Waals surface area contributed by atoms with Gasteiger partial charge in [-0.2, -0.15) is 0 Å². The van der Waals surface area contributed by atoms with E-state index in [0.717, 1.165) is 29.4 Å². The number of ether oxygens (including phenoxy) is 2. The number of hydrogen-bond donors (Lipinski definition) is 0. The van der Waals surface area contributed by atoms with Gasteiger partial charge >= 0.3 is 0 Å². The number of nitrogens with zero attached hydrogens (tertiary/aromatic N) is 1. The Morgan fingerprint density at radius 2 is 2.10 bits per heavy atom. The van der Waals surface area contributed by atoms with Gasteiger partial charge in [-0.15, -0.1) is 0 Å². The summed E-state index contributed by atoms with van der Waals surface area (Å²) in [5.41, 5.74) is 1.75. The average molecular weight is 294 g/mol. The van der Waals surface area contributed by atoms with Crippen LogP contribution in [0.2, 0.25) is 5.02 Å². The van der Waals surface area contributed by atoms with Crippen LogP contribution >= 0.6 is 11.6 Å². The van der Waals surface area contributed by atoms with E-state index in [2.05, 4.69) is 4.98 Å². The lowest BCUT2D eigenvalue weighted by Crippen LogP contribution is -1.95. The molecule has 0 unspecified atom stereocenters. The first kappa shape index (κ1) is 13.3. The zero-order valence-corrected chi connectivity index (χ0v) is 12.2. The molecule has 2 aromatic rings. The van der Waals surface area contributed by atoms with E-state index in [1.54, 1.807) is 14.2 Å². The van der Waals surface area contributed by atoms with Crippen molar-refractivity contribution in [3.63, 3.8) is 0 Å². The van der Waals surface area contributed by atoms with Crippen LogP contribution in [0.4, 0.5) is 0 Å². The Bertz CT molecular complexity index is 620. The molecule has 0 aliphatic heterocycles. The minimum atomic E-state index is 0.487. The fourth-order valence-electron chi connectivity index (χ4n) is 2.29. The second-order valence-corrected chi connectivity index (χ2v) is 5.32. The van der Waals surface area contributed by atoms with Gasteiger partial charge in [-0.3, -0.25) is 0 Å². The van der Waals surface area contributed by atoms with Gasteiger partial charge in [0.25, 0.3) is 0 Å². The maximum absolute atomic E-state index is 6.42. The topological polar surface area (TPSA) is 44.5 Å². The molecule has 4 nitrogen and oxygen atoms in total. The van der Waals surface area contributed by atoms with Gasteiger partial charge < -0.3 is 13.9 Å². The van der Waals surface area contributed by atoms with Crippen molar-refractivity contribution in [3.05, 3.63) is 29.2 Å². The summed E-state index contributed by atoms with van der Waals surface area (Å²) < 4.78 is 16.1.